The normalized spacial score (nSPS) is 17.9. The number of rotatable bonds is 4. The molecule has 1 aromatic heterocycles. The van der Waals surface area contributed by atoms with Crippen LogP contribution in [-0.2, 0) is 23.1 Å². The highest BCUT2D eigenvalue weighted by molar-refractivity contribution is 8.00. The van der Waals surface area contributed by atoms with Crippen LogP contribution in [0.15, 0.2) is 53.3 Å². The Morgan fingerprint density at radius 1 is 1.12 bits per heavy atom. The summed E-state index contributed by atoms with van der Waals surface area (Å²) >= 11 is 1.31. The molecule has 9 nitrogen and oxygen atoms in total. The lowest BCUT2D eigenvalue weighted by molar-refractivity contribution is -0.129. The van der Waals surface area contributed by atoms with Crippen LogP contribution in [0.25, 0.3) is 10.8 Å². The van der Waals surface area contributed by atoms with Crippen LogP contribution in [0.2, 0.25) is 0 Å². The van der Waals surface area contributed by atoms with Crippen LogP contribution in [0.5, 0.6) is 0 Å². The third-order valence-electron chi connectivity index (χ3n) is 5.19. The van der Waals surface area contributed by atoms with Crippen LogP contribution in [0.4, 0.5) is 4.39 Å². The standard InChI is InChI=1S/C22H20FN5O4S/c1-28-22(32)15-5-3-2-4-14(15)18(27-28)21(31)26-25-19(29)16-11-33-17(20(30)24-16)10-12-6-8-13(23)9-7-12/h2-9,16-17H,10-11H2,1H3,(H,24,30)(H,25,29)(H,26,31). The number of aromatic nitrogens is 2. The Balaban J connectivity index is 1.36. The number of hydrazine groups is 1. The van der Waals surface area contributed by atoms with Gasteiger partial charge in [-0.2, -0.15) is 5.10 Å². The number of halogens is 1. The van der Waals surface area contributed by atoms with Gasteiger partial charge in [0.25, 0.3) is 17.4 Å². The van der Waals surface area contributed by atoms with Gasteiger partial charge in [0.05, 0.1) is 10.6 Å². The smallest absolute Gasteiger partial charge is 0.290 e. The molecule has 0 radical (unpaired) electrons. The van der Waals surface area contributed by atoms with E-state index in [0.717, 1.165) is 10.2 Å². The second kappa shape index (κ2) is 9.41. The van der Waals surface area contributed by atoms with Gasteiger partial charge >= 0.3 is 0 Å². The summed E-state index contributed by atoms with van der Waals surface area (Å²) < 4.78 is 14.1. The predicted octanol–water partition coefficient (Wildman–Crippen LogP) is 0.677. The molecule has 3 amide bonds. The van der Waals surface area contributed by atoms with Gasteiger partial charge in [-0.1, -0.05) is 30.3 Å². The third kappa shape index (κ3) is 4.87. The quantitative estimate of drug-likeness (QED) is 0.483. The summed E-state index contributed by atoms with van der Waals surface area (Å²) in [6.45, 7) is 0. The van der Waals surface area contributed by atoms with Crippen molar-refractivity contribution in [1.82, 2.24) is 25.9 Å². The summed E-state index contributed by atoms with van der Waals surface area (Å²) in [6.07, 6.45) is 0.410. The summed E-state index contributed by atoms with van der Waals surface area (Å²) in [7, 11) is 1.43. The highest BCUT2D eigenvalue weighted by atomic mass is 32.2. The molecule has 0 bridgehead atoms. The minimum Gasteiger partial charge on any atom is -0.342 e. The van der Waals surface area contributed by atoms with Crippen LogP contribution in [0.3, 0.4) is 0 Å². The lowest BCUT2D eigenvalue weighted by Gasteiger charge is -2.28. The monoisotopic (exact) mass is 469 g/mol. The number of aryl methyl sites for hydroxylation is 1. The second-order valence-corrected chi connectivity index (χ2v) is 8.72. The molecule has 0 aliphatic carbocycles. The van der Waals surface area contributed by atoms with Crippen molar-refractivity contribution in [2.75, 3.05) is 5.75 Å². The van der Waals surface area contributed by atoms with Crippen LogP contribution < -0.4 is 21.7 Å². The molecule has 33 heavy (non-hydrogen) atoms. The van der Waals surface area contributed by atoms with E-state index in [0.29, 0.717) is 22.9 Å². The van der Waals surface area contributed by atoms with Crippen molar-refractivity contribution < 1.29 is 18.8 Å². The number of nitrogens with zero attached hydrogens (tertiary/aromatic N) is 2. The Hall–Kier alpha value is -3.73. The maximum absolute atomic E-state index is 13.1. The van der Waals surface area contributed by atoms with E-state index in [1.165, 1.54) is 30.9 Å². The van der Waals surface area contributed by atoms with Crippen LogP contribution in [0.1, 0.15) is 16.1 Å². The fourth-order valence-corrected chi connectivity index (χ4v) is 4.64. The van der Waals surface area contributed by atoms with Crippen molar-refractivity contribution in [3.63, 3.8) is 0 Å². The summed E-state index contributed by atoms with van der Waals surface area (Å²) in [6, 6.07) is 11.6. The Morgan fingerprint density at radius 3 is 2.52 bits per heavy atom. The Labute approximate surface area is 191 Å². The Kier molecular flexibility index (Phi) is 6.40. The number of hydrogen-bond donors (Lipinski definition) is 3. The van der Waals surface area contributed by atoms with Gasteiger partial charge in [-0.25, -0.2) is 9.07 Å². The highest BCUT2D eigenvalue weighted by Crippen LogP contribution is 2.22. The molecule has 170 valence electrons. The molecule has 2 unspecified atom stereocenters. The van der Waals surface area contributed by atoms with E-state index in [1.54, 1.807) is 36.4 Å². The number of carbonyl (C=O) groups excluding carboxylic acids is 3. The van der Waals surface area contributed by atoms with Crippen molar-refractivity contribution in [2.45, 2.75) is 17.7 Å². The van der Waals surface area contributed by atoms with Gasteiger partial charge in [0.2, 0.25) is 5.91 Å². The van der Waals surface area contributed by atoms with Crippen LogP contribution in [-0.4, -0.2) is 44.5 Å². The predicted molar refractivity (Wildman–Crippen MR) is 121 cm³/mol. The second-order valence-electron chi connectivity index (χ2n) is 7.48. The van der Waals surface area contributed by atoms with Gasteiger partial charge in [0.1, 0.15) is 11.9 Å². The number of thioether (sulfide) groups is 1. The molecule has 2 heterocycles. The summed E-state index contributed by atoms with van der Waals surface area (Å²) in [5.41, 5.74) is 5.05. The van der Waals surface area contributed by atoms with Crippen LogP contribution in [0, 0.1) is 5.82 Å². The zero-order valence-electron chi connectivity index (χ0n) is 17.5. The first-order chi connectivity index (χ1) is 15.8. The topological polar surface area (TPSA) is 122 Å². The van der Waals surface area contributed by atoms with E-state index < -0.39 is 23.1 Å². The van der Waals surface area contributed by atoms with E-state index >= 15 is 0 Å². The first-order valence-electron chi connectivity index (χ1n) is 10.1. The van der Waals surface area contributed by atoms with Gasteiger partial charge in [-0.3, -0.25) is 30.0 Å². The molecular formula is C22H20FN5O4S. The largest absolute Gasteiger partial charge is 0.342 e. The maximum atomic E-state index is 13.1. The lowest BCUT2D eigenvalue weighted by atomic mass is 10.1. The lowest BCUT2D eigenvalue weighted by Crippen LogP contribution is -2.57. The van der Waals surface area contributed by atoms with Gasteiger partial charge in [-0.15, -0.1) is 11.8 Å². The fraction of sp³-hybridized carbons (Fsp3) is 0.227. The maximum Gasteiger partial charge on any atom is 0.290 e. The minimum atomic E-state index is -0.836. The van der Waals surface area contributed by atoms with E-state index in [4.69, 9.17) is 0 Å². The molecule has 2 aromatic carbocycles. The molecule has 1 fully saturated rings. The van der Waals surface area contributed by atoms with Gasteiger partial charge in [0, 0.05) is 18.2 Å². The van der Waals surface area contributed by atoms with E-state index in [1.807, 2.05) is 0 Å². The first kappa shape index (κ1) is 22.5. The highest BCUT2D eigenvalue weighted by Gasteiger charge is 2.32. The Morgan fingerprint density at radius 2 is 1.82 bits per heavy atom. The zero-order valence-corrected chi connectivity index (χ0v) is 18.3. The number of amides is 3. The molecule has 4 rings (SSSR count). The van der Waals surface area contributed by atoms with Crippen molar-refractivity contribution in [3.05, 3.63) is 76.0 Å². The molecule has 2 atom stereocenters. The van der Waals surface area contributed by atoms with Crippen molar-refractivity contribution >= 4 is 40.3 Å². The number of hydrogen-bond acceptors (Lipinski definition) is 6. The zero-order chi connectivity index (χ0) is 23.5. The molecule has 3 N–H and O–H groups in total. The average molecular weight is 469 g/mol. The van der Waals surface area contributed by atoms with E-state index in [9.17, 15) is 23.6 Å². The summed E-state index contributed by atoms with van der Waals surface area (Å²) in [4.78, 5) is 49.8. The van der Waals surface area contributed by atoms with Gasteiger partial charge in [-0.05, 0) is 30.2 Å². The fourth-order valence-electron chi connectivity index (χ4n) is 3.45. The first-order valence-corrected chi connectivity index (χ1v) is 11.1. The molecular weight excluding hydrogens is 449 g/mol. The Bertz CT molecular complexity index is 1290. The SMILES string of the molecule is Cn1nc(C(=O)NNC(=O)C2CSC(Cc3ccc(F)cc3)C(=O)N2)c2ccccc2c1=O. The van der Waals surface area contributed by atoms with Crippen LogP contribution >= 0.6 is 11.8 Å². The van der Waals surface area contributed by atoms with Crippen molar-refractivity contribution in [3.8, 4) is 0 Å². The van der Waals surface area contributed by atoms with Gasteiger partial charge < -0.3 is 5.32 Å². The van der Waals surface area contributed by atoms with Crippen molar-refractivity contribution in [2.24, 2.45) is 7.05 Å². The molecule has 0 spiro atoms. The van der Waals surface area contributed by atoms with Crippen molar-refractivity contribution in [1.29, 1.82) is 0 Å². The molecule has 0 saturated carbocycles. The number of nitrogens with one attached hydrogen (secondary N) is 3. The van der Waals surface area contributed by atoms with E-state index in [2.05, 4.69) is 21.3 Å². The summed E-state index contributed by atoms with van der Waals surface area (Å²) in [5, 5.41) is 6.93. The summed E-state index contributed by atoms with van der Waals surface area (Å²) in [5.74, 6) is -1.63. The molecule has 3 aromatic rings. The third-order valence-corrected chi connectivity index (χ3v) is 6.50. The molecule has 1 saturated heterocycles. The minimum absolute atomic E-state index is 0.0191. The van der Waals surface area contributed by atoms with E-state index in [-0.39, 0.29) is 23.0 Å². The molecule has 11 heteroatoms. The number of fused-ring (bicyclic) bond motifs is 1. The molecule has 1 aliphatic heterocycles. The average Bonchev–Trinajstić information content (AvgIpc) is 2.82. The van der Waals surface area contributed by atoms with Gasteiger partial charge in [0.15, 0.2) is 5.69 Å². The number of carbonyl (C=O) groups is 3. The molecule has 1 aliphatic rings. The number of benzene rings is 2.